The fourth-order valence-electron chi connectivity index (χ4n) is 2.43. The molecule has 1 aromatic heterocycles. The molecular weight excluding hydrogens is 520 g/mol. The predicted octanol–water partition coefficient (Wildman–Crippen LogP) is 5.02. The molecule has 11 heteroatoms. The van der Waals surface area contributed by atoms with E-state index in [0.29, 0.717) is 10.0 Å². The summed E-state index contributed by atoms with van der Waals surface area (Å²) in [5.41, 5.74) is 0.724. The highest BCUT2D eigenvalue weighted by atomic mass is 79.9. The molecular formula is C19H13BrCl2FN3O3S. The lowest BCUT2D eigenvalue weighted by molar-refractivity contribution is 0.0952. The monoisotopic (exact) mass is 531 g/mol. The van der Waals surface area contributed by atoms with Gasteiger partial charge in [0.1, 0.15) is 15.9 Å². The van der Waals surface area contributed by atoms with Crippen molar-refractivity contribution >= 4 is 60.7 Å². The van der Waals surface area contributed by atoms with Crippen LogP contribution in [-0.4, -0.2) is 19.3 Å². The topological polar surface area (TPSA) is 88.2 Å². The van der Waals surface area contributed by atoms with Crippen molar-refractivity contribution in [3.05, 3.63) is 86.3 Å². The van der Waals surface area contributed by atoms with E-state index in [1.54, 1.807) is 0 Å². The number of hydrogen-bond acceptors (Lipinski definition) is 4. The predicted molar refractivity (Wildman–Crippen MR) is 117 cm³/mol. The number of aromatic nitrogens is 1. The van der Waals surface area contributed by atoms with E-state index in [0.717, 1.165) is 6.20 Å². The molecule has 0 saturated heterocycles. The second-order valence-electron chi connectivity index (χ2n) is 6.05. The molecule has 1 heterocycles. The van der Waals surface area contributed by atoms with Crippen LogP contribution in [0.5, 0.6) is 0 Å². The molecule has 2 N–H and O–H groups in total. The van der Waals surface area contributed by atoms with Gasteiger partial charge < -0.3 is 5.32 Å². The normalized spacial score (nSPS) is 11.2. The Labute approximate surface area is 190 Å². The third kappa shape index (κ3) is 5.48. The third-order valence-electron chi connectivity index (χ3n) is 3.92. The van der Waals surface area contributed by atoms with Gasteiger partial charge in [0, 0.05) is 17.8 Å². The highest BCUT2D eigenvalue weighted by Crippen LogP contribution is 2.26. The van der Waals surface area contributed by atoms with Crippen molar-refractivity contribution in [2.75, 3.05) is 4.72 Å². The summed E-state index contributed by atoms with van der Waals surface area (Å²) >= 11 is 14.9. The number of rotatable bonds is 6. The minimum Gasteiger partial charge on any atom is -0.348 e. The van der Waals surface area contributed by atoms with Gasteiger partial charge in [-0.2, -0.15) is 0 Å². The molecule has 6 nitrogen and oxygen atoms in total. The van der Waals surface area contributed by atoms with E-state index in [2.05, 4.69) is 31.0 Å². The molecule has 0 radical (unpaired) electrons. The van der Waals surface area contributed by atoms with Crippen molar-refractivity contribution < 1.29 is 17.6 Å². The molecule has 3 rings (SSSR count). The Morgan fingerprint density at radius 1 is 1.10 bits per heavy atom. The Morgan fingerprint density at radius 3 is 2.47 bits per heavy atom. The minimum absolute atomic E-state index is 0.0224. The molecule has 0 aliphatic carbocycles. The summed E-state index contributed by atoms with van der Waals surface area (Å²) < 4.78 is 41.1. The lowest BCUT2D eigenvalue weighted by Crippen LogP contribution is -2.25. The van der Waals surface area contributed by atoms with Gasteiger partial charge in [-0.3, -0.25) is 9.52 Å². The first-order valence-corrected chi connectivity index (χ1v) is 11.3. The van der Waals surface area contributed by atoms with Crippen molar-refractivity contribution in [2.24, 2.45) is 0 Å². The van der Waals surface area contributed by atoms with Gasteiger partial charge in [0.2, 0.25) is 0 Å². The fourth-order valence-corrected chi connectivity index (χ4v) is 4.25. The summed E-state index contributed by atoms with van der Waals surface area (Å²) in [6, 6.07) is 11.1. The molecule has 1 amide bonds. The standard InChI is InChI=1S/C19H13BrCl2FN3O3S/c20-16-8-14(10-24-18(16)22)30(28,29)26-17-6-3-12(21)7-15(17)19(27)25-9-11-1-4-13(23)5-2-11/h1-8,10,26H,9H2,(H,25,27). The molecule has 0 saturated carbocycles. The first kappa shape index (κ1) is 22.5. The van der Waals surface area contributed by atoms with Crippen LogP contribution in [0.2, 0.25) is 10.2 Å². The van der Waals surface area contributed by atoms with Crippen LogP contribution in [0, 0.1) is 5.82 Å². The van der Waals surface area contributed by atoms with Gasteiger partial charge in [0.25, 0.3) is 15.9 Å². The van der Waals surface area contributed by atoms with E-state index in [1.807, 2.05) is 0 Å². The van der Waals surface area contributed by atoms with Crippen LogP contribution < -0.4 is 10.0 Å². The Morgan fingerprint density at radius 2 is 1.80 bits per heavy atom. The SMILES string of the molecule is O=C(NCc1ccc(F)cc1)c1cc(Cl)ccc1NS(=O)(=O)c1cnc(Cl)c(Br)c1. The second-order valence-corrected chi connectivity index (χ2v) is 9.38. The van der Waals surface area contributed by atoms with Crippen LogP contribution in [0.4, 0.5) is 10.1 Å². The fraction of sp³-hybridized carbons (Fsp3) is 0.0526. The van der Waals surface area contributed by atoms with E-state index in [4.69, 9.17) is 23.2 Å². The van der Waals surface area contributed by atoms with E-state index in [9.17, 15) is 17.6 Å². The Kier molecular flexibility index (Phi) is 6.97. The number of halogens is 4. The average molecular weight is 533 g/mol. The number of pyridine rings is 1. The number of anilines is 1. The number of amides is 1. The van der Waals surface area contributed by atoms with Crippen molar-refractivity contribution in [3.8, 4) is 0 Å². The van der Waals surface area contributed by atoms with Crippen LogP contribution in [0.3, 0.4) is 0 Å². The number of carbonyl (C=O) groups is 1. The highest BCUT2D eigenvalue weighted by Gasteiger charge is 2.20. The Bertz CT molecular complexity index is 1210. The summed E-state index contributed by atoms with van der Waals surface area (Å²) in [5.74, 6) is -0.949. The number of benzene rings is 2. The zero-order chi connectivity index (χ0) is 21.9. The third-order valence-corrected chi connectivity index (χ3v) is 6.62. The molecule has 30 heavy (non-hydrogen) atoms. The summed E-state index contributed by atoms with van der Waals surface area (Å²) in [7, 11) is -4.06. The van der Waals surface area contributed by atoms with Crippen LogP contribution in [0.1, 0.15) is 15.9 Å². The van der Waals surface area contributed by atoms with E-state index < -0.39 is 15.9 Å². The Hall–Kier alpha value is -2.20. The first-order valence-electron chi connectivity index (χ1n) is 8.32. The van der Waals surface area contributed by atoms with Crippen molar-refractivity contribution in [1.82, 2.24) is 10.3 Å². The second kappa shape index (κ2) is 9.30. The smallest absolute Gasteiger partial charge is 0.263 e. The lowest BCUT2D eigenvalue weighted by Gasteiger charge is -2.13. The molecule has 0 aliphatic heterocycles. The van der Waals surface area contributed by atoms with Crippen LogP contribution >= 0.6 is 39.1 Å². The molecule has 0 spiro atoms. The molecule has 0 bridgehead atoms. The van der Waals surface area contributed by atoms with Gasteiger partial charge in [-0.25, -0.2) is 17.8 Å². The Balaban J connectivity index is 1.84. The van der Waals surface area contributed by atoms with E-state index in [1.165, 1.54) is 48.5 Å². The van der Waals surface area contributed by atoms with Crippen LogP contribution in [0.25, 0.3) is 0 Å². The summed E-state index contributed by atoms with van der Waals surface area (Å²) in [5, 5.41) is 3.02. The number of hydrogen-bond donors (Lipinski definition) is 2. The quantitative estimate of drug-likeness (QED) is 0.436. The highest BCUT2D eigenvalue weighted by molar-refractivity contribution is 9.10. The van der Waals surface area contributed by atoms with Crippen LogP contribution in [0.15, 0.2) is 64.1 Å². The van der Waals surface area contributed by atoms with Gasteiger partial charge in [-0.15, -0.1) is 0 Å². The van der Waals surface area contributed by atoms with Crippen molar-refractivity contribution in [3.63, 3.8) is 0 Å². The maximum absolute atomic E-state index is 13.0. The van der Waals surface area contributed by atoms with Crippen molar-refractivity contribution in [1.29, 1.82) is 0 Å². The zero-order valence-corrected chi connectivity index (χ0v) is 18.9. The number of nitrogens with one attached hydrogen (secondary N) is 2. The minimum atomic E-state index is -4.06. The summed E-state index contributed by atoms with van der Waals surface area (Å²) in [6.45, 7) is 0.117. The van der Waals surface area contributed by atoms with Gasteiger partial charge in [-0.1, -0.05) is 35.3 Å². The molecule has 156 valence electrons. The molecule has 2 aromatic carbocycles. The van der Waals surface area contributed by atoms with Gasteiger partial charge in [0.15, 0.2) is 0 Å². The molecule has 0 atom stereocenters. The molecule has 0 fully saturated rings. The average Bonchev–Trinajstić information content (AvgIpc) is 2.70. The van der Waals surface area contributed by atoms with E-state index in [-0.39, 0.29) is 38.7 Å². The lowest BCUT2D eigenvalue weighted by atomic mass is 10.1. The van der Waals surface area contributed by atoms with E-state index >= 15 is 0 Å². The van der Waals surface area contributed by atoms with Crippen molar-refractivity contribution in [2.45, 2.75) is 11.4 Å². The number of carbonyl (C=O) groups excluding carboxylic acids is 1. The number of nitrogens with zero attached hydrogens (tertiary/aromatic N) is 1. The number of sulfonamides is 1. The first-order chi connectivity index (χ1) is 14.2. The summed E-state index contributed by atoms with van der Waals surface area (Å²) in [4.78, 5) is 16.3. The maximum atomic E-state index is 13.0. The van der Waals surface area contributed by atoms with Gasteiger partial charge in [0.05, 0.1) is 15.7 Å². The molecule has 0 aliphatic rings. The largest absolute Gasteiger partial charge is 0.348 e. The maximum Gasteiger partial charge on any atom is 0.263 e. The zero-order valence-electron chi connectivity index (χ0n) is 15.0. The van der Waals surface area contributed by atoms with Gasteiger partial charge >= 0.3 is 0 Å². The molecule has 3 aromatic rings. The summed E-state index contributed by atoms with van der Waals surface area (Å²) in [6.07, 6.45) is 1.10. The molecule has 0 unspecified atom stereocenters. The van der Waals surface area contributed by atoms with Gasteiger partial charge in [-0.05, 0) is 57.9 Å². The van der Waals surface area contributed by atoms with Crippen LogP contribution in [-0.2, 0) is 16.6 Å².